The molecule has 0 nitrogen and oxygen atoms in total. The number of unbranched alkanes of at least 4 members (excludes halogenated alkanes) is 2. The highest BCUT2D eigenvalue weighted by atomic mass is 79.9. The molecule has 0 aromatic carbocycles. The molecule has 0 fully saturated rings. The maximum absolute atomic E-state index is 3.38. The van der Waals surface area contributed by atoms with Gasteiger partial charge in [-0.05, 0) is 12.8 Å². The van der Waals surface area contributed by atoms with Gasteiger partial charge in [-0.15, -0.1) is 11.8 Å². The van der Waals surface area contributed by atoms with Crippen LogP contribution in [0.5, 0.6) is 0 Å². The van der Waals surface area contributed by atoms with Gasteiger partial charge in [0.1, 0.15) is 0 Å². The fourth-order valence-corrected chi connectivity index (χ4v) is 0.981. The van der Waals surface area contributed by atoms with E-state index in [0.717, 1.165) is 11.8 Å². The lowest BCUT2D eigenvalue weighted by atomic mass is 10.2. The van der Waals surface area contributed by atoms with Gasteiger partial charge in [-0.25, -0.2) is 0 Å². The SMILES string of the molecule is CC(C)C#CCCCCBr. The quantitative estimate of drug-likeness (QED) is 0.375. The smallest absolute Gasteiger partial charge is 0.0146 e. The highest BCUT2D eigenvalue weighted by Crippen LogP contribution is 1.97. The highest BCUT2D eigenvalue weighted by Gasteiger charge is 1.83. The van der Waals surface area contributed by atoms with Crippen LogP contribution in [-0.2, 0) is 0 Å². The minimum absolute atomic E-state index is 0.531. The number of hydrogen-bond donors (Lipinski definition) is 0. The van der Waals surface area contributed by atoms with E-state index in [1.165, 1.54) is 12.8 Å². The Hall–Kier alpha value is 0.0400. The number of alkyl halides is 1. The van der Waals surface area contributed by atoms with Gasteiger partial charge in [0.25, 0.3) is 0 Å². The number of rotatable bonds is 3. The molecular formula is C9H15Br. The van der Waals surface area contributed by atoms with Crippen molar-refractivity contribution in [1.82, 2.24) is 0 Å². The average molecular weight is 203 g/mol. The third kappa shape index (κ3) is 8.04. The van der Waals surface area contributed by atoms with E-state index in [0.29, 0.717) is 5.92 Å². The van der Waals surface area contributed by atoms with Gasteiger partial charge in [0.2, 0.25) is 0 Å². The van der Waals surface area contributed by atoms with E-state index in [1.807, 2.05) is 0 Å². The Morgan fingerprint density at radius 1 is 1.30 bits per heavy atom. The summed E-state index contributed by atoms with van der Waals surface area (Å²) in [5, 5.41) is 1.11. The number of hydrogen-bond acceptors (Lipinski definition) is 0. The summed E-state index contributed by atoms with van der Waals surface area (Å²) in [5.41, 5.74) is 0. The molecule has 0 amide bonds. The lowest BCUT2D eigenvalue weighted by molar-refractivity contribution is 0.829. The van der Waals surface area contributed by atoms with E-state index in [9.17, 15) is 0 Å². The largest absolute Gasteiger partial charge is 0.103 e. The summed E-state index contributed by atoms with van der Waals surface area (Å²) in [6, 6.07) is 0. The Morgan fingerprint density at radius 2 is 2.00 bits per heavy atom. The minimum Gasteiger partial charge on any atom is -0.103 e. The van der Waals surface area contributed by atoms with Gasteiger partial charge >= 0.3 is 0 Å². The molecule has 0 heterocycles. The van der Waals surface area contributed by atoms with Crippen molar-refractivity contribution in [2.24, 2.45) is 5.92 Å². The summed E-state index contributed by atoms with van der Waals surface area (Å²) in [5.74, 6) is 6.82. The molecule has 1 heteroatoms. The summed E-state index contributed by atoms with van der Waals surface area (Å²) < 4.78 is 0. The second kappa shape index (κ2) is 7.15. The van der Waals surface area contributed by atoms with Gasteiger partial charge in [0.15, 0.2) is 0 Å². The van der Waals surface area contributed by atoms with E-state index in [4.69, 9.17) is 0 Å². The summed E-state index contributed by atoms with van der Waals surface area (Å²) >= 11 is 3.38. The molecule has 0 aromatic rings. The van der Waals surface area contributed by atoms with Crippen molar-refractivity contribution in [1.29, 1.82) is 0 Å². The molecule has 0 saturated heterocycles. The van der Waals surface area contributed by atoms with Crippen LogP contribution in [0, 0.1) is 17.8 Å². The Kier molecular flexibility index (Phi) is 7.18. The Bertz CT molecular complexity index is 116. The van der Waals surface area contributed by atoms with Gasteiger partial charge in [-0.3, -0.25) is 0 Å². The van der Waals surface area contributed by atoms with Crippen molar-refractivity contribution in [3.05, 3.63) is 0 Å². The molecule has 0 atom stereocenters. The van der Waals surface area contributed by atoms with Crippen molar-refractivity contribution >= 4 is 15.9 Å². The zero-order valence-electron chi connectivity index (χ0n) is 6.78. The first kappa shape index (κ1) is 10.0. The molecular weight excluding hydrogens is 188 g/mol. The molecule has 0 spiro atoms. The summed E-state index contributed by atoms with van der Waals surface area (Å²) in [7, 11) is 0. The maximum atomic E-state index is 3.38. The first-order chi connectivity index (χ1) is 4.77. The molecule has 0 aliphatic carbocycles. The predicted octanol–water partition coefficient (Wildman–Crippen LogP) is 3.21. The molecule has 0 aromatic heterocycles. The fourth-order valence-electron chi connectivity index (χ4n) is 0.584. The van der Waals surface area contributed by atoms with Crippen molar-refractivity contribution < 1.29 is 0 Å². The van der Waals surface area contributed by atoms with Crippen LogP contribution >= 0.6 is 15.9 Å². The molecule has 0 aliphatic heterocycles. The lowest BCUT2D eigenvalue weighted by Crippen LogP contribution is -1.78. The van der Waals surface area contributed by atoms with Crippen LogP contribution in [0.3, 0.4) is 0 Å². The Morgan fingerprint density at radius 3 is 2.50 bits per heavy atom. The van der Waals surface area contributed by atoms with Gasteiger partial charge in [-0.1, -0.05) is 29.8 Å². The monoisotopic (exact) mass is 202 g/mol. The van der Waals surface area contributed by atoms with E-state index < -0.39 is 0 Å². The van der Waals surface area contributed by atoms with Crippen LogP contribution in [0.2, 0.25) is 0 Å². The van der Waals surface area contributed by atoms with Crippen LogP contribution in [0.1, 0.15) is 33.1 Å². The molecule has 0 rings (SSSR count). The second-order valence-corrected chi connectivity index (χ2v) is 3.41. The third-order valence-corrected chi connectivity index (χ3v) is 1.64. The van der Waals surface area contributed by atoms with Crippen molar-refractivity contribution in [2.75, 3.05) is 5.33 Å². The maximum Gasteiger partial charge on any atom is 0.0146 e. The normalized spacial score (nSPS) is 9.20. The molecule has 10 heavy (non-hydrogen) atoms. The van der Waals surface area contributed by atoms with E-state index in [2.05, 4.69) is 41.6 Å². The Labute approximate surface area is 72.5 Å². The molecule has 58 valence electrons. The van der Waals surface area contributed by atoms with Gasteiger partial charge < -0.3 is 0 Å². The molecule has 0 aliphatic rings. The number of halogens is 1. The third-order valence-electron chi connectivity index (χ3n) is 1.08. The van der Waals surface area contributed by atoms with Crippen LogP contribution in [0.25, 0.3) is 0 Å². The van der Waals surface area contributed by atoms with Crippen LogP contribution in [0.4, 0.5) is 0 Å². The van der Waals surface area contributed by atoms with Gasteiger partial charge in [0.05, 0.1) is 0 Å². The average Bonchev–Trinajstić information content (AvgIpc) is 1.87. The van der Waals surface area contributed by atoms with E-state index >= 15 is 0 Å². The minimum atomic E-state index is 0.531. The first-order valence-electron chi connectivity index (χ1n) is 3.81. The van der Waals surface area contributed by atoms with Crippen molar-refractivity contribution in [2.45, 2.75) is 33.1 Å². The summed E-state index contributed by atoms with van der Waals surface area (Å²) in [6.07, 6.45) is 3.53. The van der Waals surface area contributed by atoms with Gasteiger partial charge in [-0.2, -0.15) is 0 Å². The molecule has 0 bridgehead atoms. The van der Waals surface area contributed by atoms with Crippen LogP contribution in [0.15, 0.2) is 0 Å². The highest BCUT2D eigenvalue weighted by molar-refractivity contribution is 9.09. The van der Waals surface area contributed by atoms with E-state index in [1.54, 1.807) is 0 Å². The molecule has 0 saturated carbocycles. The summed E-state index contributed by atoms with van der Waals surface area (Å²) in [4.78, 5) is 0. The van der Waals surface area contributed by atoms with Crippen molar-refractivity contribution in [3.63, 3.8) is 0 Å². The first-order valence-corrected chi connectivity index (χ1v) is 4.94. The molecule has 0 radical (unpaired) electrons. The summed E-state index contributed by atoms with van der Waals surface area (Å²) in [6.45, 7) is 4.25. The standard InChI is InChI=1S/C9H15Br/c1-9(2)7-5-3-4-6-8-10/h9H,3-4,6,8H2,1-2H3. The predicted molar refractivity (Wildman–Crippen MR) is 50.3 cm³/mol. The zero-order chi connectivity index (χ0) is 7.82. The Balaban J connectivity index is 3.12. The lowest BCUT2D eigenvalue weighted by Gasteiger charge is -1.89. The second-order valence-electron chi connectivity index (χ2n) is 2.62. The fraction of sp³-hybridized carbons (Fsp3) is 0.778. The van der Waals surface area contributed by atoms with E-state index in [-0.39, 0.29) is 0 Å². The zero-order valence-corrected chi connectivity index (χ0v) is 8.37. The molecule has 0 N–H and O–H groups in total. The van der Waals surface area contributed by atoms with Gasteiger partial charge in [0, 0.05) is 17.7 Å². The van der Waals surface area contributed by atoms with Crippen molar-refractivity contribution in [3.8, 4) is 11.8 Å². The molecule has 0 unspecified atom stereocenters. The van der Waals surface area contributed by atoms with Crippen LogP contribution < -0.4 is 0 Å². The topological polar surface area (TPSA) is 0 Å². The van der Waals surface area contributed by atoms with Crippen LogP contribution in [-0.4, -0.2) is 5.33 Å².